The van der Waals surface area contributed by atoms with E-state index < -0.39 is 12.0 Å². The van der Waals surface area contributed by atoms with Crippen LogP contribution in [0.2, 0.25) is 0 Å². The molecular formula is C22H25F2N5O. The minimum absolute atomic E-state index is 0.00888. The molecule has 1 aromatic carbocycles. The number of nitrogens with zero attached hydrogens (tertiary/aromatic N) is 4. The van der Waals surface area contributed by atoms with E-state index in [1.165, 1.54) is 12.1 Å². The number of pyridine rings is 1. The number of nitrogens with one attached hydrogen (secondary N) is 1. The molecule has 8 heteroatoms. The Morgan fingerprint density at radius 1 is 1.10 bits per heavy atom. The van der Waals surface area contributed by atoms with Crippen LogP contribution in [0.4, 0.5) is 20.3 Å². The van der Waals surface area contributed by atoms with Gasteiger partial charge in [-0.15, -0.1) is 5.10 Å². The quantitative estimate of drug-likeness (QED) is 0.649. The number of aromatic nitrogens is 3. The van der Waals surface area contributed by atoms with Gasteiger partial charge in [0.15, 0.2) is 5.82 Å². The first-order valence-electron chi connectivity index (χ1n) is 9.91. The highest BCUT2D eigenvalue weighted by Gasteiger charge is 2.37. The van der Waals surface area contributed by atoms with Crippen molar-refractivity contribution in [1.82, 2.24) is 15.2 Å². The summed E-state index contributed by atoms with van der Waals surface area (Å²) in [5.74, 6) is 0.548. The van der Waals surface area contributed by atoms with E-state index in [1.807, 2.05) is 39.8 Å². The molecule has 1 fully saturated rings. The van der Waals surface area contributed by atoms with E-state index in [-0.39, 0.29) is 11.6 Å². The second-order valence-corrected chi connectivity index (χ2v) is 8.31. The summed E-state index contributed by atoms with van der Waals surface area (Å²) >= 11 is 0. The zero-order chi connectivity index (χ0) is 21.6. The maximum absolute atomic E-state index is 13.1. The third-order valence-corrected chi connectivity index (χ3v) is 5.50. The molecular weight excluding hydrogens is 388 g/mol. The number of β-amino-alcohol motifs (C(OH)–C–C–N with tert-alkyl or cyclic N) is 1. The van der Waals surface area contributed by atoms with Crippen molar-refractivity contribution in [1.29, 1.82) is 0 Å². The number of benzene rings is 1. The Bertz CT molecular complexity index is 1090. The molecule has 1 aliphatic heterocycles. The molecule has 30 heavy (non-hydrogen) atoms. The first kappa shape index (κ1) is 20.4. The first-order valence-corrected chi connectivity index (χ1v) is 9.91. The molecule has 3 heterocycles. The van der Waals surface area contributed by atoms with Gasteiger partial charge >= 0.3 is 0 Å². The van der Waals surface area contributed by atoms with Gasteiger partial charge in [-0.2, -0.15) is 5.10 Å². The molecule has 0 amide bonds. The molecule has 3 aromatic rings. The van der Waals surface area contributed by atoms with Gasteiger partial charge in [-0.05, 0) is 45.4 Å². The van der Waals surface area contributed by atoms with E-state index in [2.05, 4.69) is 20.4 Å². The van der Waals surface area contributed by atoms with Crippen LogP contribution >= 0.6 is 0 Å². The van der Waals surface area contributed by atoms with E-state index in [1.54, 1.807) is 6.07 Å². The van der Waals surface area contributed by atoms with Gasteiger partial charge in [0.1, 0.15) is 0 Å². The Labute approximate surface area is 174 Å². The highest BCUT2D eigenvalue weighted by Crippen LogP contribution is 2.34. The van der Waals surface area contributed by atoms with Gasteiger partial charge in [-0.25, -0.2) is 13.8 Å². The van der Waals surface area contributed by atoms with Crippen LogP contribution in [-0.4, -0.2) is 39.0 Å². The molecule has 6 nitrogen and oxygen atoms in total. The number of anilines is 2. The Morgan fingerprint density at radius 2 is 1.80 bits per heavy atom. The number of aliphatic hydroxyl groups is 1. The predicted octanol–water partition coefficient (Wildman–Crippen LogP) is 4.32. The molecule has 0 unspecified atom stereocenters. The number of rotatable bonds is 5. The summed E-state index contributed by atoms with van der Waals surface area (Å²) in [6.45, 7) is 8.58. The van der Waals surface area contributed by atoms with E-state index in [0.29, 0.717) is 24.6 Å². The highest BCUT2D eigenvalue weighted by atomic mass is 19.3. The van der Waals surface area contributed by atoms with Crippen LogP contribution in [0.1, 0.15) is 48.8 Å². The maximum Gasteiger partial charge on any atom is 0.263 e. The van der Waals surface area contributed by atoms with Crippen LogP contribution < -0.4 is 10.2 Å². The lowest BCUT2D eigenvalue weighted by Crippen LogP contribution is -2.60. The fourth-order valence-electron chi connectivity index (χ4n) is 3.90. The van der Waals surface area contributed by atoms with Crippen molar-refractivity contribution in [3.63, 3.8) is 0 Å². The molecule has 158 valence electrons. The van der Waals surface area contributed by atoms with Crippen LogP contribution in [0.5, 0.6) is 0 Å². The molecule has 2 N–H and O–H groups in total. The van der Waals surface area contributed by atoms with Crippen molar-refractivity contribution >= 4 is 22.4 Å². The van der Waals surface area contributed by atoms with Gasteiger partial charge in [-0.3, -0.25) is 0 Å². The van der Waals surface area contributed by atoms with E-state index >= 15 is 0 Å². The lowest BCUT2D eigenvalue weighted by atomic mass is 9.95. The summed E-state index contributed by atoms with van der Waals surface area (Å²) in [6.07, 6.45) is -2.51. The van der Waals surface area contributed by atoms with Gasteiger partial charge < -0.3 is 15.3 Å². The minimum Gasteiger partial charge on any atom is -0.386 e. The number of hydrogen-bond donors (Lipinski definition) is 2. The molecule has 0 spiro atoms. The van der Waals surface area contributed by atoms with Gasteiger partial charge in [0.05, 0.1) is 34.2 Å². The summed E-state index contributed by atoms with van der Waals surface area (Å²) in [5.41, 5.74) is 3.30. The number of alkyl halides is 2. The van der Waals surface area contributed by atoms with Crippen molar-refractivity contribution in [2.45, 2.75) is 45.8 Å². The molecule has 1 aliphatic rings. The maximum atomic E-state index is 13.1. The van der Waals surface area contributed by atoms with Crippen molar-refractivity contribution < 1.29 is 13.9 Å². The first-order chi connectivity index (χ1) is 14.1. The average Bonchev–Trinajstić information content (AvgIpc) is 2.68. The SMILES string of the molecule is Cc1nc2c(C)nnc(N[C@H](C)c3cccc(C(F)F)c3)c2cc1N1CC(C)(O)C1. The van der Waals surface area contributed by atoms with Crippen LogP contribution in [0, 0.1) is 13.8 Å². The molecule has 0 aliphatic carbocycles. The number of aryl methyl sites for hydroxylation is 2. The monoisotopic (exact) mass is 413 g/mol. The van der Waals surface area contributed by atoms with Gasteiger partial charge in [0.25, 0.3) is 6.43 Å². The van der Waals surface area contributed by atoms with E-state index in [0.717, 1.165) is 27.8 Å². The number of hydrogen-bond acceptors (Lipinski definition) is 6. The second kappa shape index (κ2) is 7.43. The fourth-order valence-corrected chi connectivity index (χ4v) is 3.90. The second-order valence-electron chi connectivity index (χ2n) is 8.31. The van der Waals surface area contributed by atoms with Crippen LogP contribution in [-0.2, 0) is 0 Å². The van der Waals surface area contributed by atoms with E-state index in [4.69, 9.17) is 4.98 Å². The standard InChI is InChI=1S/C22H25F2N5O/c1-12(15-6-5-7-16(8-15)20(23)24)26-21-17-9-18(29-10-22(4,30)11-29)13(2)25-19(17)14(3)27-28-21/h5-9,12,20,30H,10-11H2,1-4H3,(H,26,28)/t12-/m1/s1. The van der Waals surface area contributed by atoms with Crippen LogP contribution in [0.15, 0.2) is 30.3 Å². The van der Waals surface area contributed by atoms with Crippen molar-refractivity contribution in [2.75, 3.05) is 23.3 Å². The van der Waals surface area contributed by atoms with Crippen molar-refractivity contribution in [3.05, 3.63) is 52.8 Å². The molecule has 1 saturated heterocycles. The molecule has 4 rings (SSSR count). The lowest BCUT2D eigenvalue weighted by Gasteiger charge is -2.46. The average molecular weight is 413 g/mol. The van der Waals surface area contributed by atoms with Crippen molar-refractivity contribution in [2.24, 2.45) is 0 Å². The fraction of sp³-hybridized carbons (Fsp3) is 0.409. The van der Waals surface area contributed by atoms with Crippen LogP contribution in [0.3, 0.4) is 0 Å². The van der Waals surface area contributed by atoms with Gasteiger partial charge in [-0.1, -0.05) is 18.2 Å². The Hall–Kier alpha value is -2.87. The zero-order valence-corrected chi connectivity index (χ0v) is 17.4. The van der Waals surface area contributed by atoms with Crippen molar-refractivity contribution in [3.8, 4) is 0 Å². The minimum atomic E-state index is -2.51. The third-order valence-electron chi connectivity index (χ3n) is 5.50. The summed E-state index contributed by atoms with van der Waals surface area (Å²) in [7, 11) is 0. The third kappa shape index (κ3) is 3.79. The summed E-state index contributed by atoms with van der Waals surface area (Å²) in [5, 5.41) is 22.8. The Morgan fingerprint density at radius 3 is 2.47 bits per heavy atom. The summed E-state index contributed by atoms with van der Waals surface area (Å²) in [4.78, 5) is 6.82. The largest absolute Gasteiger partial charge is 0.386 e. The summed E-state index contributed by atoms with van der Waals surface area (Å²) in [6, 6.07) is 8.12. The highest BCUT2D eigenvalue weighted by molar-refractivity contribution is 5.93. The summed E-state index contributed by atoms with van der Waals surface area (Å²) < 4.78 is 26.1. The van der Waals surface area contributed by atoms with Gasteiger partial charge in [0.2, 0.25) is 0 Å². The number of halogens is 2. The molecule has 2 aromatic heterocycles. The molecule has 1 atom stereocenters. The predicted molar refractivity (Wildman–Crippen MR) is 113 cm³/mol. The lowest BCUT2D eigenvalue weighted by molar-refractivity contribution is 0.0309. The smallest absolute Gasteiger partial charge is 0.263 e. The Kier molecular flexibility index (Phi) is 5.05. The number of fused-ring (bicyclic) bond motifs is 1. The Balaban J connectivity index is 1.70. The van der Waals surface area contributed by atoms with E-state index in [9.17, 15) is 13.9 Å². The topological polar surface area (TPSA) is 74.2 Å². The van der Waals surface area contributed by atoms with Crippen LogP contribution in [0.25, 0.3) is 10.9 Å². The van der Waals surface area contributed by atoms with Gasteiger partial charge in [0, 0.05) is 24.0 Å². The molecule has 0 saturated carbocycles. The molecule has 0 bridgehead atoms. The zero-order valence-electron chi connectivity index (χ0n) is 17.4. The molecule has 0 radical (unpaired) electrons. The normalized spacial score (nSPS) is 16.6.